The number of nitrogens with zero attached hydrogens (tertiary/aromatic N) is 2. The predicted octanol–water partition coefficient (Wildman–Crippen LogP) is 4.03. The number of carbonyl (C=O) groups is 3. The fourth-order valence-corrected chi connectivity index (χ4v) is 3.76. The summed E-state index contributed by atoms with van der Waals surface area (Å²) in [4.78, 5) is 41.0. The Labute approximate surface area is 200 Å². The van der Waals surface area contributed by atoms with Crippen molar-refractivity contribution in [2.24, 2.45) is 0 Å². The number of methoxy groups -OCH3 is 1. The van der Waals surface area contributed by atoms with Crippen LogP contribution in [0.25, 0.3) is 0 Å². The molecule has 0 radical (unpaired) electrons. The fraction of sp³-hybridized carbons (Fsp3) is 0.423. The van der Waals surface area contributed by atoms with Crippen LogP contribution in [0.15, 0.2) is 54.6 Å². The van der Waals surface area contributed by atoms with Gasteiger partial charge in [-0.3, -0.25) is 4.79 Å². The van der Waals surface area contributed by atoms with E-state index in [2.05, 4.69) is 0 Å². The molecule has 8 heteroatoms. The highest BCUT2D eigenvalue weighted by Gasteiger charge is 2.33. The Bertz CT molecular complexity index is 1000. The predicted molar refractivity (Wildman–Crippen MR) is 128 cm³/mol. The van der Waals surface area contributed by atoms with E-state index in [-0.39, 0.29) is 25.0 Å². The molecule has 3 rings (SSSR count). The zero-order valence-electron chi connectivity index (χ0n) is 20.2. The van der Waals surface area contributed by atoms with Crippen LogP contribution in [0.5, 0.6) is 0 Å². The number of rotatable bonds is 6. The Morgan fingerprint density at radius 2 is 1.74 bits per heavy atom. The van der Waals surface area contributed by atoms with Gasteiger partial charge in [-0.25, -0.2) is 9.59 Å². The Kier molecular flexibility index (Phi) is 8.15. The number of piperazine rings is 1. The molecule has 0 saturated carbocycles. The van der Waals surface area contributed by atoms with Gasteiger partial charge in [0.2, 0.25) is 0 Å². The molecule has 2 aromatic rings. The van der Waals surface area contributed by atoms with E-state index in [0.717, 1.165) is 11.3 Å². The van der Waals surface area contributed by atoms with E-state index in [1.807, 2.05) is 62.1 Å². The lowest BCUT2D eigenvalue weighted by Gasteiger charge is -2.42. The molecule has 2 aromatic carbocycles. The lowest BCUT2D eigenvalue weighted by Crippen LogP contribution is -2.56. The van der Waals surface area contributed by atoms with E-state index in [1.165, 1.54) is 7.11 Å². The number of hydrogen-bond donors (Lipinski definition) is 0. The van der Waals surface area contributed by atoms with Gasteiger partial charge in [0, 0.05) is 25.3 Å². The van der Waals surface area contributed by atoms with E-state index in [4.69, 9.17) is 14.2 Å². The average Bonchev–Trinajstić information content (AvgIpc) is 2.82. The van der Waals surface area contributed by atoms with E-state index in [1.54, 1.807) is 23.1 Å². The highest BCUT2D eigenvalue weighted by atomic mass is 16.6. The summed E-state index contributed by atoms with van der Waals surface area (Å²) >= 11 is 0. The molecule has 1 atom stereocenters. The Hall–Kier alpha value is -3.55. The number of carbonyl (C=O) groups excluding carboxylic acids is 3. The topological polar surface area (TPSA) is 85.4 Å². The summed E-state index contributed by atoms with van der Waals surface area (Å²) in [5.41, 5.74) is 1.48. The van der Waals surface area contributed by atoms with Crippen molar-refractivity contribution in [2.75, 3.05) is 31.6 Å². The summed E-state index contributed by atoms with van der Waals surface area (Å²) in [6, 6.07) is 16.3. The Morgan fingerprint density at radius 1 is 1.00 bits per heavy atom. The molecule has 34 heavy (non-hydrogen) atoms. The van der Waals surface area contributed by atoms with Gasteiger partial charge in [-0.1, -0.05) is 36.4 Å². The van der Waals surface area contributed by atoms with Crippen molar-refractivity contribution in [1.82, 2.24) is 4.90 Å². The van der Waals surface area contributed by atoms with Crippen LogP contribution in [0.2, 0.25) is 0 Å². The van der Waals surface area contributed by atoms with Crippen LogP contribution in [-0.4, -0.2) is 61.3 Å². The molecule has 0 spiro atoms. The van der Waals surface area contributed by atoms with Gasteiger partial charge in [0.05, 0.1) is 25.1 Å². The Balaban J connectivity index is 1.74. The molecule has 1 aliphatic rings. The zero-order chi connectivity index (χ0) is 24.7. The average molecular weight is 469 g/mol. The lowest BCUT2D eigenvalue weighted by atomic mass is 10.1. The molecule has 182 valence electrons. The molecule has 1 aliphatic heterocycles. The summed E-state index contributed by atoms with van der Waals surface area (Å²) in [5, 5.41) is 0. The smallest absolute Gasteiger partial charge is 0.410 e. The first-order valence-corrected chi connectivity index (χ1v) is 11.3. The van der Waals surface area contributed by atoms with E-state index >= 15 is 0 Å². The van der Waals surface area contributed by atoms with E-state index < -0.39 is 17.7 Å². The summed E-state index contributed by atoms with van der Waals surface area (Å²) < 4.78 is 15.8. The quantitative estimate of drug-likeness (QED) is 0.467. The Morgan fingerprint density at radius 3 is 2.41 bits per heavy atom. The first kappa shape index (κ1) is 25.1. The van der Waals surface area contributed by atoms with Crippen LogP contribution < -0.4 is 4.90 Å². The molecule has 8 nitrogen and oxygen atoms in total. The van der Waals surface area contributed by atoms with Gasteiger partial charge in [0.15, 0.2) is 0 Å². The van der Waals surface area contributed by atoms with Gasteiger partial charge < -0.3 is 24.0 Å². The van der Waals surface area contributed by atoms with Crippen molar-refractivity contribution >= 4 is 23.7 Å². The second kappa shape index (κ2) is 11.0. The molecule has 0 aromatic heterocycles. The van der Waals surface area contributed by atoms with Crippen molar-refractivity contribution in [3.63, 3.8) is 0 Å². The highest BCUT2D eigenvalue weighted by molar-refractivity contribution is 5.90. The van der Waals surface area contributed by atoms with Crippen LogP contribution in [0.1, 0.15) is 43.1 Å². The van der Waals surface area contributed by atoms with Crippen molar-refractivity contribution in [3.8, 4) is 0 Å². The van der Waals surface area contributed by atoms with Crippen molar-refractivity contribution < 1.29 is 28.6 Å². The number of benzene rings is 2. The molecule has 0 bridgehead atoms. The second-order valence-electron chi connectivity index (χ2n) is 9.17. The van der Waals surface area contributed by atoms with E-state index in [9.17, 15) is 14.4 Å². The second-order valence-corrected chi connectivity index (χ2v) is 9.17. The zero-order valence-corrected chi connectivity index (χ0v) is 20.2. The number of anilines is 1. The van der Waals surface area contributed by atoms with Gasteiger partial charge in [-0.2, -0.15) is 0 Å². The number of ether oxygens (including phenoxy) is 3. The van der Waals surface area contributed by atoms with Crippen LogP contribution in [-0.2, 0) is 25.6 Å². The normalized spacial score (nSPS) is 16.1. The summed E-state index contributed by atoms with van der Waals surface area (Å²) in [6.45, 7) is 6.83. The largest absolute Gasteiger partial charge is 0.469 e. The SMILES string of the molecule is COC(=O)C[C@H]1CN(C(=O)OC(C)(C)C)CCN1c1cccc(C(=O)OCc2ccccc2)c1. The molecule has 0 N–H and O–H groups in total. The number of hydrogen-bond acceptors (Lipinski definition) is 7. The van der Waals surface area contributed by atoms with Crippen molar-refractivity contribution in [1.29, 1.82) is 0 Å². The number of esters is 2. The molecule has 1 heterocycles. The van der Waals surface area contributed by atoms with Gasteiger partial charge in [0.1, 0.15) is 12.2 Å². The molecule has 0 aliphatic carbocycles. The first-order valence-electron chi connectivity index (χ1n) is 11.3. The third-order valence-electron chi connectivity index (χ3n) is 5.39. The lowest BCUT2D eigenvalue weighted by molar-refractivity contribution is -0.141. The molecule has 1 saturated heterocycles. The minimum absolute atomic E-state index is 0.0957. The molecule has 1 fully saturated rings. The van der Waals surface area contributed by atoms with Crippen LogP contribution in [0.4, 0.5) is 10.5 Å². The number of amides is 1. The third kappa shape index (κ3) is 6.97. The van der Waals surface area contributed by atoms with Crippen LogP contribution in [0.3, 0.4) is 0 Å². The third-order valence-corrected chi connectivity index (χ3v) is 5.39. The van der Waals surface area contributed by atoms with Gasteiger partial charge in [-0.05, 0) is 44.5 Å². The maximum atomic E-state index is 12.6. The standard InChI is InChI=1S/C26H32N2O6/c1-26(2,3)34-25(31)27-13-14-28(22(17-27)16-23(29)32-4)21-12-8-11-20(15-21)24(30)33-18-19-9-6-5-7-10-19/h5-12,15,22H,13-14,16-18H2,1-4H3/t22-/m0/s1. The fourth-order valence-electron chi connectivity index (χ4n) is 3.76. The summed E-state index contributed by atoms with van der Waals surface area (Å²) in [6.07, 6.45) is -0.321. The van der Waals surface area contributed by atoms with Gasteiger partial charge >= 0.3 is 18.0 Å². The molecular weight excluding hydrogens is 436 g/mol. The van der Waals surface area contributed by atoms with Gasteiger partial charge in [-0.15, -0.1) is 0 Å². The van der Waals surface area contributed by atoms with Crippen molar-refractivity contribution in [2.45, 2.75) is 45.4 Å². The van der Waals surface area contributed by atoms with Gasteiger partial charge in [0.25, 0.3) is 0 Å². The first-order chi connectivity index (χ1) is 16.2. The monoisotopic (exact) mass is 468 g/mol. The summed E-state index contributed by atoms with van der Waals surface area (Å²) in [7, 11) is 1.34. The minimum Gasteiger partial charge on any atom is -0.469 e. The molecule has 1 amide bonds. The molecular formula is C26H32N2O6. The maximum Gasteiger partial charge on any atom is 0.410 e. The minimum atomic E-state index is -0.611. The summed E-state index contributed by atoms with van der Waals surface area (Å²) in [5.74, 6) is -0.804. The van der Waals surface area contributed by atoms with Crippen LogP contribution >= 0.6 is 0 Å². The van der Waals surface area contributed by atoms with Crippen LogP contribution in [0, 0.1) is 0 Å². The maximum absolute atomic E-state index is 12.6. The van der Waals surface area contributed by atoms with E-state index in [0.29, 0.717) is 25.2 Å². The van der Waals surface area contributed by atoms with Crippen molar-refractivity contribution in [3.05, 3.63) is 65.7 Å². The molecule has 0 unspecified atom stereocenters. The highest BCUT2D eigenvalue weighted by Crippen LogP contribution is 2.25.